The zero-order valence-corrected chi connectivity index (χ0v) is 20.6. The van der Waals surface area contributed by atoms with E-state index in [4.69, 9.17) is 4.98 Å². The summed E-state index contributed by atoms with van der Waals surface area (Å²) in [7, 11) is 1.28. The minimum Gasteiger partial charge on any atom is -0.345 e. The number of rotatable bonds is 6. The molecule has 1 amide bonds. The first-order chi connectivity index (χ1) is 16.1. The van der Waals surface area contributed by atoms with Crippen LogP contribution in [0.1, 0.15) is 34.6 Å². The Bertz CT molecular complexity index is 1460. The standard InChI is InChI=1S/C25H27N5O3S/c1-16(18-11-13-20(14-12-18)34(32,33)29(3)4)26-25(31)21-15-22(19-9-7-6-8-10-19)27-24-23(21)17(2)28-30(24)5/h6-16H,1-5H3,(H,26,31). The van der Waals surface area contributed by atoms with Gasteiger partial charge >= 0.3 is 0 Å². The Morgan fingerprint density at radius 2 is 1.71 bits per heavy atom. The van der Waals surface area contributed by atoms with Crippen LogP contribution in [0, 0.1) is 6.92 Å². The number of nitrogens with one attached hydrogen (secondary N) is 1. The van der Waals surface area contributed by atoms with E-state index in [0.717, 1.165) is 16.8 Å². The Labute approximate surface area is 199 Å². The topological polar surface area (TPSA) is 97.2 Å². The third-order valence-electron chi connectivity index (χ3n) is 5.79. The number of nitrogens with zero attached hydrogens (tertiary/aromatic N) is 4. The highest BCUT2D eigenvalue weighted by Gasteiger charge is 2.22. The molecule has 0 radical (unpaired) electrons. The molecule has 4 aromatic rings. The second-order valence-corrected chi connectivity index (χ2v) is 10.5. The molecule has 1 N–H and O–H groups in total. The normalized spacial score (nSPS) is 12.8. The van der Waals surface area contributed by atoms with Gasteiger partial charge in [-0.05, 0) is 37.6 Å². The molecule has 2 heterocycles. The molecule has 1 unspecified atom stereocenters. The van der Waals surface area contributed by atoms with Gasteiger partial charge in [0.2, 0.25) is 10.0 Å². The molecule has 2 aromatic heterocycles. The van der Waals surface area contributed by atoms with E-state index in [1.807, 2.05) is 51.2 Å². The van der Waals surface area contributed by atoms with Crippen LogP contribution >= 0.6 is 0 Å². The van der Waals surface area contributed by atoms with Gasteiger partial charge < -0.3 is 5.32 Å². The molecule has 8 nitrogen and oxygen atoms in total. The monoisotopic (exact) mass is 477 g/mol. The average Bonchev–Trinajstić information content (AvgIpc) is 3.12. The molecule has 0 saturated carbocycles. The Morgan fingerprint density at radius 1 is 1.06 bits per heavy atom. The number of benzene rings is 2. The SMILES string of the molecule is Cc1nn(C)c2nc(-c3ccccc3)cc(C(=O)NC(C)c3ccc(S(=O)(=O)N(C)C)cc3)c12. The molecule has 34 heavy (non-hydrogen) atoms. The highest BCUT2D eigenvalue weighted by atomic mass is 32.2. The largest absolute Gasteiger partial charge is 0.345 e. The molecule has 4 rings (SSSR count). The van der Waals surface area contributed by atoms with Gasteiger partial charge in [-0.3, -0.25) is 9.48 Å². The summed E-state index contributed by atoms with van der Waals surface area (Å²) in [5, 5.41) is 8.21. The molecule has 0 aliphatic carbocycles. The van der Waals surface area contributed by atoms with Crippen LogP contribution in [0.15, 0.2) is 65.6 Å². The molecule has 1 atom stereocenters. The number of amides is 1. The third kappa shape index (κ3) is 4.32. The summed E-state index contributed by atoms with van der Waals surface area (Å²) in [6.07, 6.45) is 0. The van der Waals surface area contributed by atoms with Gasteiger partial charge in [0.1, 0.15) is 0 Å². The van der Waals surface area contributed by atoms with Crippen molar-refractivity contribution in [2.75, 3.05) is 14.1 Å². The van der Waals surface area contributed by atoms with Crippen molar-refractivity contribution in [3.05, 3.63) is 77.5 Å². The minimum absolute atomic E-state index is 0.203. The van der Waals surface area contributed by atoms with Crippen molar-refractivity contribution in [1.82, 2.24) is 24.4 Å². The van der Waals surface area contributed by atoms with Gasteiger partial charge in [0.05, 0.1) is 33.3 Å². The summed E-state index contributed by atoms with van der Waals surface area (Å²) in [6.45, 7) is 3.72. The lowest BCUT2D eigenvalue weighted by Crippen LogP contribution is -2.27. The second kappa shape index (κ2) is 9.00. The fourth-order valence-corrected chi connectivity index (χ4v) is 4.78. The van der Waals surface area contributed by atoms with Crippen molar-refractivity contribution in [2.24, 2.45) is 7.05 Å². The minimum atomic E-state index is -3.51. The van der Waals surface area contributed by atoms with E-state index >= 15 is 0 Å². The molecular weight excluding hydrogens is 450 g/mol. The van der Waals surface area contributed by atoms with Crippen molar-refractivity contribution < 1.29 is 13.2 Å². The zero-order chi connectivity index (χ0) is 24.6. The van der Waals surface area contributed by atoms with Gasteiger partial charge in [0.25, 0.3) is 5.91 Å². The van der Waals surface area contributed by atoms with Gasteiger partial charge in [-0.25, -0.2) is 17.7 Å². The van der Waals surface area contributed by atoms with E-state index in [-0.39, 0.29) is 16.8 Å². The molecule has 2 aromatic carbocycles. The molecule has 0 bridgehead atoms. The van der Waals surface area contributed by atoms with E-state index < -0.39 is 10.0 Å². The number of fused-ring (bicyclic) bond motifs is 1. The summed E-state index contributed by atoms with van der Waals surface area (Å²) < 4.78 is 27.5. The first-order valence-corrected chi connectivity index (χ1v) is 12.3. The quantitative estimate of drug-likeness (QED) is 0.457. The van der Waals surface area contributed by atoms with Gasteiger partial charge in [-0.1, -0.05) is 42.5 Å². The van der Waals surface area contributed by atoms with Crippen LogP contribution < -0.4 is 5.32 Å². The van der Waals surface area contributed by atoms with Crippen molar-refractivity contribution in [3.8, 4) is 11.3 Å². The Balaban J connectivity index is 1.68. The smallest absolute Gasteiger partial charge is 0.252 e. The van der Waals surface area contributed by atoms with E-state index in [9.17, 15) is 13.2 Å². The predicted molar refractivity (Wildman–Crippen MR) is 132 cm³/mol. The highest BCUT2D eigenvalue weighted by molar-refractivity contribution is 7.89. The summed E-state index contributed by atoms with van der Waals surface area (Å²) in [4.78, 5) is 18.4. The van der Waals surface area contributed by atoms with Crippen molar-refractivity contribution in [3.63, 3.8) is 0 Å². The number of hydrogen-bond donors (Lipinski definition) is 1. The number of hydrogen-bond acceptors (Lipinski definition) is 5. The molecule has 0 aliphatic rings. The summed E-state index contributed by atoms with van der Waals surface area (Å²) >= 11 is 0. The van der Waals surface area contributed by atoms with Gasteiger partial charge in [-0.2, -0.15) is 5.10 Å². The number of pyridine rings is 1. The number of carbonyl (C=O) groups is 1. The molecule has 0 aliphatic heterocycles. The zero-order valence-electron chi connectivity index (χ0n) is 19.8. The predicted octanol–water partition coefficient (Wildman–Crippen LogP) is 3.69. The number of aryl methyl sites for hydroxylation is 2. The van der Waals surface area contributed by atoms with Crippen LogP contribution in [0.2, 0.25) is 0 Å². The first kappa shape index (κ1) is 23.6. The summed E-state index contributed by atoms with van der Waals surface area (Å²) in [5.41, 5.74) is 4.24. The third-order valence-corrected chi connectivity index (χ3v) is 7.62. The molecule has 0 fully saturated rings. The fourth-order valence-electron chi connectivity index (χ4n) is 3.88. The molecule has 9 heteroatoms. The molecule has 0 saturated heterocycles. The number of sulfonamides is 1. The van der Waals surface area contributed by atoms with Gasteiger partial charge in [0, 0.05) is 26.7 Å². The van der Waals surface area contributed by atoms with Crippen LogP contribution in [0.25, 0.3) is 22.3 Å². The van der Waals surface area contributed by atoms with Crippen molar-refractivity contribution in [1.29, 1.82) is 0 Å². The summed E-state index contributed by atoms with van der Waals surface area (Å²) in [6, 6.07) is 17.7. The van der Waals surface area contributed by atoms with E-state index in [1.54, 1.807) is 35.0 Å². The van der Waals surface area contributed by atoms with E-state index in [1.165, 1.54) is 18.4 Å². The summed E-state index contributed by atoms with van der Waals surface area (Å²) in [5.74, 6) is -0.252. The van der Waals surface area contributed by atoms with E-state index in [0.29, 0.717) is 22.3 Å². The lowest BCUT2D eigenvalue weighted by atomic mass is 10.0. The van der Waals surface area contributed by atoms with Crippen molar-refractivity contribution >= 4 is 27.0 Å². The van der Waals surface area contributed by atoms with Gasteiger partial charge in [0.15, 0.2) is 5.65 Å². The Kier molecular flexibility index (Phi) is 6.24. The average molecular weight is 478 g/mol. The fraction of sp³-hybridized carbons (Fsp3) is 0.240. The maximum absolute atomic E-state index is 13.4. The van der Waals surface area contributed by atoms with Crippen molar-refractivity contribution in [2.45, 2.75) is 24.8 Å². The van der Waals surface area contributed by atoms with Crippen LogP contribution in [-0.2, 0) is 17.1 Å². The lowest BCUT2D eigenvalue weighted by Gasteiger charge is -2.17. The maximum Gasteiger partial charge on any atom is 0.252 e. The Morgan fingerprint density at radius 3 is 2.32 bits per heavy atom. The highest BCUT2D eigenvalue weighted by Crippen LogP contribution is 2.27. The molecule has 176 valence electrons. The second-order valence-electron chi connectivity index (χ2n) is 8.38. The van der Waals surface area contributed by atoms with Gasteiger partial charge in [-0.15, -0.1) is 0 Å². The number of carbonyl (C=O) groups excluding carboxylic acids is 1. The Hall–Kier alpha value is -3.56. The van der Waals surface area contributed by atoms with E-state index in [2.05, 4.69) is 10.4 Å². The van der Waals surface area contributed by atoms with Crippen LogP contribution in [-0.4, -0.2) is 47.5 Å². The van der Waals surface area contributed by atoms with Crippen LogP contribution in [0.5, 0.6) is 0 Å². The van der Waals surface area contributed by atoms with Crippen LogP contribution in [0.4, 0.5) is 0 Å². The lowest BCUT2D eigenvalue weighted by molar-refractivity contribution is 0.0941. The molecular formula is C25H27N5O3S. The molecule has 0 spiro atoms. The maximum atomic E-state index is 13.4. The van der Waals surface area contributed by atoms with Crippen LogP contribution in [0.3, 0.4) is 0 Å². The first-order valence-electron chi connectivity index (χ1n) is 10.8. The number of aromatic nitrogens is 3.